The van der Waals surface area contributed by atoms with Crippen molar-refractivity contribution in [1.29, 1.82) is 0 Å². The van der Waals surface area contributed by atoms with Crippen molar-refractivity contribution < 1.29 is 13.9 Å². The number of nitrogens with one attached hydrogen (secondary N) is 1. The first-order chi connectivity index (χ1) is 15.9. The smallest absolute Gasteiger partial charge is 0.305 e. The molecule has 7 nitrogen and oxygen atoms in total. The molecule has 170 valence electrons. The maximum Gasteiger partial charge on any atom is 0.305 e. The number of hydrogen-bond acceptors (Lipinski definition) is 6. The minimum absolute atomic E-state index is 0.0505. The molecule has 0 atom stereocenters. The number of thiophene rings is 1. The molecule has 0 saturated carbocycles. The minimum Gasteiger partial charge on any atom is -0.484 e. The lowest BCUT2D eigenvalue weighted by atomic mass is 9.97. The molecule has 33 heavy (non-hydrogen) atoms. The Morgan fingerprint density at radius 1 is 1.24 bits per heavy atom. The van der Waals surface area contributed by atoms with Gasteiger partial charge in [-0.25, -0.2) is 9.66 Å². The number of aromatic nitrogens is 2. The summed E-state index contributed by atoms with van der Waals surface area (Å²) in [6.07, 6.45) is 4.01. The van der Waals surface area contributed by atoms with Crippen LogP contribution in [0.25, 0.3) is 10.2 Å². The van der Waals surface area contributed by atoms with E-state index in [0.717, 1.165) is 36.1 Å². The van der Waals surface area contributed by atoms with E-state index < -0.39 is 5.91 Å². The van der Waals surface area contributed by atoms with Gasteiger partial charge in [0.2, 0.25) is 0 Å². The van der Waals surface area contributed by atoms with E-state index >= 15 is 0 Å². The Morgan fingerprint density at radius 2 is 2.06 bits per heavy atom. The van der Waals surface area contributed by atoms with Crippen molar-refractivity contribution >= 4 is 50.7 Å². The second kappa shape index (κ2) is 8.85. The van der Waals surface area contributed by atoms with Gasteiger partial charge in [0, 0.05) is 9.90 Å². The van der Waals surface area contributed by atoms with Crippen LogP contribution in [-0.4, -0.2) is 15.6 Å². The highest BCUT2D eigenvalue weighted by molar-refractivity contribution is 7.18. The van der Waals surface area contributed by atoms with E-state index in [4.69, 9.17) is 32.4 Å². The third kappa shape index (κ3) is 4.26. The highest BCUT2D eigenvalue weighted by atomic mass is 35.5. The molecular weight excluding hydrogens is 485 g/mol. The number of benzene rings is 1. The SMILES string of the molecule is Cc1nc2sc3c(c2c(=O)n1NC(=O)c1ccc(COc2ccc(Cl)cc2Cl)o1)CCCC3. The van der Waals surface area contributed by atoms with Crippen LogP contribution >= 0.6 is 34.5 Å². The van der Waals surface area contributed by atoms with Crippen LogP contribution in [0.15, 0.2) is 39.5 Å². The first-order valence-corrected chi connectivity index (χ1v) is 12.0. The molecule has 1 aliphatic rings. The van der Waals surface area contributed by atoms with Crippen LogP contribution < -0.4 is 15.7 Å². The standard InChI is InChI=1S/C23H19Cl2N3O4S/c1-12-26-22-20(15-4-2-3-5-19(15)33-22)23(30)28(12)27-21(29)18-9-7-14(32-18)11-31-17-8-6-13(24)10-16(17)25/h6-10H,2-5,11H2,1H3,(H,27,29). The number of fused-ring (bicyclic) bond motifs is 3. The maximum atomic E-state index is 13.2. The molecule has 1 aromatic carbocycles. The van der Waals surface area contributed by atoms with Crippen LogP contribution in [0.1, 0.15) is 45.4 Å². The van der Waals surface area contributed by atoms with E-state index in [1.807, 2.05) is 0 Å². The fourth-order valence-corrected chi connectivity index (χ4v) is 5.67. The van der Waals surface area contributed by atoms with Crippen molar-refractivity contribution in [2.24, 2.45) is 0 Å². The predicted molar refractivity (Wildman–Crippen MR) is 128 cm³/mol. The maximum absolute atomic E-state index is 13.2. The largest absolute Gasteiger partial charge is 0.484 e. The highest BCUT2D eigenvalue weighted by Crippen LogP contribution is 2.33. The number of carbonyl (C=O) groups is 1. The summed E-state index contributed by atoms with van der Waals surface area (Å²) in [6.45, 7) is 1.76. The number of rotatable bonds is 5. The van der Waals surface area contributed by atoms with Crippen molar-refractivity contribution in [3.8, 4) is 5.75 Å². The number of ether oxygens (including phenoxy) is 1. The number of halogens is 2. The van der Waals surface area contributed by atoms with Gasteiger partial charge in [-0.1, -0.05) is 23.2 Å². The molecular formula is C23H19Cl2N3O4S. The summed E-state index contributed by atoms with van der Waals surface area (Å²) < 4.78 is 12.4. The number of nitrogens with zero attached hydrogens (tertiary/aromatic N) is 2. The Morgan fingerprint density at radius 3 is 2.88 bits per heavy atom. The zero-order valence-corrected chi connectivity index (χ0v) is 19.9. The number of carbonyl (C=O) groups excluding carboxylic acids is 1. The lowest BCUT2D eigenvalue weighted by molar-refractivity contribution is 0.0976. The molecule has 1 N–H and O–H groups in total. The molecule has 0 saturated heterocycles. The van der Waals surface area contributed by atoms with E-state index in [1.165, 1.54) is 15.6 Å². The summed E-state index contributed by atoms with van der Waals surface area (Å²) in [4.78, 5) is 32.5. The number of amides is 1. The van der Waals surface area contributed by atoms with E-state index in [-0.39, 0.29) is 17.9 Å². The van der Waals surface area contributed by atoms with Crippen LogP contribution in [0, 0.1) is 6.92 Å². The van der Waals surface area contributed by atoms with Gasteiger partial charge >= 0.3 is 5.91 Å². The summed E-state index contributed by atoms with van der Waals surface area (Å²) in [6, 6.07) is 8.05. The number of aryl methyl sites for hydroxylation is 3. The summed E-state index contributed by atoms with van der Waals surface area (Å²) >= 11 is 13.6. The van der Waals surface area contributed by atoms with Crippen LogP contribution in [0.2, 0.25) is 10.0 Å². The normalized spacial score (nSPS) is 13.2. The molecule has 5 rings (SSSR count). The van der Waals surface area contributed by atoms with Crippen LogP contribution in [0.3, 0.4) is 0 Å². The van der Waals surface area contributed by atoms with Crippen molar-refractivity contribution in [2.45, 2.75) is 39.2 Å². The first-order valence-electron chi connectivity index (χ1n) is 10.4. The lowest BCUT2D eigenvalue weighted by Crippen LogP contribution is -2.35. The van der Waals surface area contributed by atoms with Gasteiger partial charge in [-0.05, 0) is 68.5 Å². The number of furan rings is 1. The van der Waals surface area contributed by atoms with E-state index in [0.29, 0.717) is 32.8 Å². The fourth-order valence-electron chi connectivity index (χ4n) is 3.91. The summed E-state index contributed by atoms with van der Waals surface area (Å²) in [5, 5.41) is 1.49. The Bertz CT molecular complexity index is 1440. The van der Waals surface area contributed by atoms with Gasteiger partial charge in [-0.15, -0.1) is 11.3 Å². The third-order valence-corrected chi connectivity index (χ3v) is 7.24. The molecule has 1 aliphatic carbocycles. The van der Waals surface area contributed by atoms with Gasteiger partial charge < -0.3 is 9.15 Å². The molecule has 1 amide bonds. The van der Waals surface area contributed by atoms with Crippen molar-refractivity contribution in [1.82, 2.24) is 9.66 Å². The molecule has 4 aromatic rings. The van der Waals surface area contributed by atoms with Gasteiger partial charge in [0.1, 0.15) is 28.8 Å². The molecule has 0 unspecified atom stereocenters. The van der Waals surface area contributed by atoms with E-state index in [1.54, 1.807) is 42.5 Å². The van der Waals surface area contributed by atoms with Crippen molar-refractivity contribution in [3.63, 3.8) is 0 Å². The van der Waals surface area contributed by atoms with Crippen LogP contribution in [0.4, 0.5) is 0 Å². The minimum atomic E-state index is -0.554. The van der Waals surface area contributed by atoms with Gasteiger partial charge in [0.05, 0.1) is 10.4 Å². The van der Waals surface area contributed by atoms with Crippen molar-refractivity contribution in [2.75, 3.05) is 5.43 Å². The topological polar surface area (TPSA) is 86.4 Å². The summed E-state index contributed by atoms with van der Waals surface area (Å²) in [5.41, 5.74) is 3.43. The monoisotopic (exact) mass is 503 g/mol. The average molecular weight is 504 g/mol. The van der Waals surface area contributed by atoms with Gasteiger partial charge in [-0.3, -0.25) is 15.0 Å². The molecule has 3 heterocycles. The van der Waals surface area contributed by atoms with Crippen LogP contribution in [0.5, 0.6) is 5.75 Å². The van der Waals surface area contributed by atoms with Crippen LogP contribution in [-0.2, 0) is 19.4 Å². The zero-order valence-electron chi connectivity index (χ0n) is 17.6. The molecule has 0 aliphatic heterocycles. The fraction of sp³-hybridized carbons (Fsp3) is 0.261. The molecule has 0 fully saturated rings. The summed E-state index contributed by atoms with van der Waals surface area (Å²) in [7, 11) is 0. The van der Waals surface area contributed by atoms with Gasteiger partial charge in [-0.2, -0.15) is 0 Å². The van der Waals surface area contributed by atoms with Gasteiger partial charge in [0.25, 0.3) is 5.56 Å². The van der Waals surface area contributed by atoms with Gasteiger partial charge in [0.15, 0.2) is 5.76 Å². The second-order valence-corrected chi connectivity index (χ2v) is 9.69. The molecule has 0 radical (unpaired) electrons. The lowest BCUT2D eigenvalue weighted by Gasteiger charge is -2.12. The van der Waals surface area contributed by atoms with E-state index in [9.17, 15) is 9.59 Å². The Hall–Kier alpha value is -2.81. The Labute approximate surface area is 202 Å². The molecule has 0 spiro atoms. The summed E-state index contributed by atoms with van der Waals surface area (Å²) in [5.74, 6) is 0.780. The van der Waals surface area contributed by atoms with Crippen molar-refractivity contribution in [3.05, 3.63) is 78.5 Å². The second-order valence-electron chi connectivity index (χ2n) is 7.76. The first kappa shape index (κ1) is 22.0. The average Bonchev–Trinajstić information content (AvgIpc) is 3.40. The predicted octanol–water partition coefficient (Wildman–Crippen LogP) is 5.51. The number of hydrogen-bond donors (Lipinski definition) is 1. The quantitative estimate of drug-likeness (QED) is 0.388. The molecule has 3 aromatic heterocycles. The van der Waals surface area contributed by atoms with E-state index in [2.05, 4.69) is 10.4 Å². The molecule has 0 bridgehead atoms. The third-order valence-electron chi connectivity index (χ3n) is 5.52. The highest BCUT2D eigenvalue weighted by Gasteiger charge is 2.22. The molecule has 10 heteroatoms. The Balaban J connectivity index is 1.35. The Kier molecular flexibility index (Phi) is 5.90. The zero-order chi connectivity index (χ0) is 23.1.